The Morgan fingerprint density at radius 2 is 2.15 bits per heavy atom. The zero-order chi connectivity index (χ0) is 9.64. The summed E-state index contributed by atoms with van der Waals surface area (Å²) < 4.78 is 0.437. The van der Waals surface area contributed by atoms with Gasteiger partial charge in [-0.15, -0.1) is 35.3 Å². The summed E-state index contributed by atoms with van der Waals surface area (Å²) in [6, 6.07) is 0. The minimum Gasteiger partial charge on any atom is -0.147 e. The highest BCUT2D eigenvalue weighted by Gasteiger charge is 2.42. The quantitative estimate of drug-likeness (QED) is 0.665. The van der Waals surface area contributed by atoms with Gasteiger partial charge in [0.05, 0.1) is 4.08 Å². The number of hydrogen-bond donors (Lipinski definition) is 0. The van der Waals surface area contributed by atoms with Crippen LogP contribution in [0.2, 0.25) is 0 Å². The normalized spacial score (nSPS) is 44.3. The summed E-state index contributed by atoms with van der Waals surface area (Å²) in [5.41, 5.74) is 0. The van der Waals surface area contributed by atoms with Gasteiger partial charge < -0.3 is 0 Å². The van der Waals surface area contributed by atoms with E-state index in [2.05, 4.69) is 50.6 Å². The van der Waals surface area contributed by atoms with Crippen molar-refractivity contribution in [3.05, 3.63) is 9.81 Å². The highest BCUT2D eigenvalue weighted by Crippen LogP contribution is 2.62. The minimum atomic E-state index is 0.437. The van der Waals surface area contributed by atoms with Crippen LogP contribution in [0.15, 0.2) is 9.81 Å². The van der Waals surface area contributed by atoms with Gasteiger partial charge in [-0.25, -0.2) is 0 Å². The summed E-state index contributed by atoms with van der Waals surface area (Å²) in [6.07, 6.45) is 3.52. The van der Waals surface area contributed by atoms with Crippen molar-refractivity contribution < 1.29 is 0 Å². The van der Waals surface area contributed by atoms with Gasteiger partial charge in [-0.2, -0.15) is 0 Å². The van der Waals surface area contributed by atoms with Crippen molar-refractivity contribution in [1.29, 1.82) is 0 Å². The van der Waals surface area contributed by atoms with Crippen LogP contribution in [-0.2, 0) is 0 Å². The fourth-order valence-electron chi connectivity index (χ4n) is 1.80. The van der Waals surface area contributed by atoms with Crippen molar-refractivity contribution in [1.82, 2.24) is 0 Å². The Morgan fingerprint density at radius 1 is 1.46 bits per heavy atom. The summed E-state index contributed by atoms with van der Waals surface area (Å²) in [4.78, 5) is 3.37. The molecule has 74 valence electrons. The largest absolute Gasteiger partial charge is 0.147 e. The molecule has 0 aromatic carbocycles. The van der Waals surface area contributed by atoms with Crippen molar-refractivity contribution in [2.75, 3.05) is 6.26 Å². The van der Waals surface area contributed by atoms with Crippen molar-refractivity contribution in [3.63, 3.8) is 0 Å². The van der Waals surface area contributed by atoms with Crippen LogP contribution in [0.1, 0.15) is 27.2 Å². The van der Waals surface area contributed by atoms with Gasteiger partial charge in [0.1, 0.15) is 0 Å². The predicted molar refractivity (Wildman–Crippen MR) is 67.4 cm³/mol. The van der Waals surface area contributed by atoms with E-state index in [1.165, 1.54) is 6.42 Å². The third kappa shape index (κ3) is 1.68. The third-order valence-electron chi connectivity index (χ3n) is 2.96. The molecule has 0 saturated carbocycles. The maximum Gasteiger partial charge on any atom is 0.0669 e. The molecule has 0 aromatic heterocycles. The van der Waals surface area contributed by atoms with E-state index in [9.17, 15) is 0 Å². The second-order valence-corrected chi connectivity index (χ2v) is 8.60. The van der Waals surface area contributed by atoms with Crippen LogP contribution in [0.3, 0.4) is 0 Å². The zero-order valence-electron chi connectivity index (χ0n) is 8.59. The molecule has 13 heavy (non-hydrogen) atoms. The fourth-order valence-corrected chi connectivity index (χ4v) is 5.95. The summed E-state index contributed by atoms with van der Waals surface area (Å²) in [5.74, 6) is 0.791. The fraction of sp³-hybridized carbons (Fsp3) is 0.800. The molecule has 2 rings (SSSR count). The Morgan fingerprint density at radius 3 is 2.69 bits per heavy atom. The molecule has 3 heteroatoms. The Hall–Kier alpha value is 0.790. The monoisotopic (exact) mass is 232 g/mol. The molecule has 0 bridgehead atoms. The second-order valence-electron chi connectivity index (χ2n) is 4.02. The van der Waals surface area contributed by atoms with Gasteiger partial charge in [0.2, 0.25) is 0 Å². The number of rotatable bonds is 1. The van der Waals surface area contributed by atoms with E-state index in [0.717, 1.165) is 11.2 Å². The van der Waals surface area contributed by atoms with Crippen LogP contribution in [0.25, 0.3) is 0 Å². The van der Waals surface area contributed by atoms with Crippen LogP contribution in [0, 0.1) is 5.92 Å². The molecule has 0 spiro atoms. The van der Waals surface area contributed by atoms with Crippen LogP contribution >= 0.6 is 35.3 Å². The molecular weight excluding hydrogens is 216 g/mol. The van der Waals surface area contributed by atoms with E-state index in [4.69, 9.17) is 0 Å². The molecule has 0 nitrogen and oxygen atoms in total. The van der Waals surface area contributed by atoms with Gasteiger partial charge >= 0.3 is 0 Å². The topological polar surface area (TPSA) is 0 Å². The summed E-state index contributed by atoms with van der Waals surface area (Å²) in [6.45, 7) is 7.10. The van der Waals surface area contributed by atoms with Crippen molar-refractivity contribution in [2.45, 2.75) is 36.5 Å². The molecule has 2 aliphatic heterocycles. The van der Waals surface area contributed by atoms with Crippen LogP contribution in [-0.4, -0.2) is 15.6 Å². The van der Waals surface area contributed by atoms with Crippen LogP contribution in [0.5, 0.6) is 0 Å². The van der Waals surface area contributed by atoms with Crippen LogP contribution < -0.4 is 0 Å². The molecule has 0 aromatic rings. The highest BCUT2D eigenvalue weighted by atomic mass is 32.2. The van der Waals surface area contributed by atoms with E-state index in [1.807, 2.05) is 11.8 Å². The summed E-state index contributed by atoms with van der Waals surface area (Å²) in [5, 5.41) is 0.809. The molecule has 0 saturated heterocycles. The summed E-state index contributed by atoms with van der Waals surface area (Å²) >= 11 is 6.23. The highest BCUT2D eigenvalue weighted by molar-refractivity contribution is 8.21. The number of hydrogen-bond acceptors (Lipinski definition) is 3. The van der Waals surface area contributed by atoms with Gasteiger partial charge in [0.25, 0.3) is 0 Å². The minimum absolute atomic E-state index is 0.437. The van der Waals surface area contributed by atoms with E-state index in [1.54, 1.807) is 9.81 Å². The SMILES string of the molecule is CSC1(C)CC2=C(S1)[C@H](C)C(C)S2. The first-order valence-corrected chi connectivity index (χ1v) is 7.62. The lowest BCUT2D eigenvalue weighted by molar-refractivity contribution is 0.719. The van der Waals surface area contributed by atoms with Crippen LogP contribution in [0.4, 0.5) is 0 Å². The lowest BCUT2D eigenvalue weighted by Gasteiger charge is -2.24. The van der Waals surface area contributed by atoms with E-state index < -0.39 is 0 Å². The third-order valence-corrected chi connectivity index (χ3v) is 7.69. The van der Waals surface area contributed by atoms with Gasteiger partial charge in [-0.3, -0.25) is 0 Å². The van der Waals surface area contributed by atoms with Gasteiger partial charge in [0, 0.05) is 11.7 Å². The summed E-state index contributed by atoms with van der Waals surface area (Å²) in [7, 11) is 0. The smallest absolute Gasteiger partial charge is 0.0669 e. The first-order valence-electron chi connectivity index (χ1n) is 4.69. The molecular formula is C10H16S3. The maximum absolute atomic E-state index is 2.37. The lowest BCUT2D eigenvalue weighted by Crippen LogP contribution is -2.13. The molecule has 0 amide bonds. The van der Waals surface area contributed by atoms with E-state index >= 15 is 0 Å². The van der Waals surface area contributed by atoms with Crippen molar-refractivity contribution >= 4 is 35.3 Å². The standard InChI is InChI=1S/C10H16S3/c1-6-7(2)12-8-5-10(3,11-4)13-9(6)8/h6-7H,5H2,1-4H3/t6-,7?,10?/m1/s1. The van der Waals surface area contributed by atoms with Gasteiger partial charge in [0.15, 0.2) is 0 Å². The molecule has 0 radical (unpaired) electrons. The van der Waals surface area contributed by atoms with Gasteiger partial charge in [-0.05, 0) is 28.9 Å². The Balaban J connectivity index is 2.15. The van der Waals surface area contributed by atoms with Crippen molar-refractivity contribution in [2.24, 2.45) is 5.92 Å². The Bertz CT molecular complexity index is 259. The Labute approximate surface area is 93.7 Å². The molecule has 2 aliphatic rings. The molecule has 2 unspecified atom stereocenters. The first kappa shape index (κ1) is 10.3. The first-order chi connectivity index (χ1) is 6.06. The van der Waals surface area contributed by atoms with E-state index in [-0.39, 0.29) is 0 Å². The number of thioether (sulfide) groups is 3. The molecule has 2 heterocycles. The van der Waals surface area contributed by atoms with Crippen molar-refractivity contribution in [3.8, 4) is 0 Å². The average Bonchev–Trinajstić information content (AvgIpc) is 2.52. The maximum atomic E-state index is 2.37. The van der Waals surface area contributed by atoms with Gasteiger partial charge in [-0.1, -0.05) is 13.8 Å². The zero-order valence-corrected chi connectivity index (χ0v) is 11.0. The Kier molecular flexibility index (Phi) is 2.72. The van der Waals surface area contributed by atoms with E-state index in [0.29, 0.717) is 4.08 Å². The molecule has 0 aliphatic carbocycles. The average molecular weight is 232 g/mol. The second kappa shape index (κ2) is 3.42. The lowest BCUT2D eigenvalue weighted by atomic mass is 10.1. The molecule has 0 N–H and O–H groups in total. The predicted octanol–water partition coefficient (Wildman–Crippen LogP) is 4.19. The number of allylic oxidation sites excluding steroid dienone is 2. The molecule has 0 fully saturated rings. The molecule has 3 atom stereocenters.